The molecule has 1 N–H and O–H groups in total. The van der Waals surface area contributed by atoms with Gasteiger partial charge in [0.25, 0.3) is 0 Å². The first-order valence-corrected chi connectivity index (χ1v) is 6.84. The summed E-state index contributed by atoms with van der Waals surface area (Å²) in [7, 11) is 0. The second-order valence-corrected chi connectivity index (χ2v) is 4.89. The Morgan fingerprint density at radius 2 is 2.11 bits per heavy atom. The minimum atomic E-state index is 0.782. The third kappa shape index (κ3) is 2.30. The van der Waals surface area contributed by atoms with E-state index in [0.717, 1.165) is 42.3 Å². The van der Waals surface area contributed by atoms with Crippen LogP contribution in [0, 0.1) is 6.92 Å². The number of anilines is 1. The smallest absolute Gasteiger partial charge is 0.163 e. The minimum absolute atomic E-state index is 0.782. The second kappa shape index (κ2) is 4.96. The van der Waals surface area contributed by atoms with Crippen molar-refractivity contribution in [3.05, 3.63) is 35.3 Å². The van der Waals surface area contributed by atoms with Gasteiger partial charge in [-0.15, -0.1) is 0 Å². The molecule has 0 saturated heterocycles. The van der Waals surface area contributed by atoms with E-state index in [-0.39, 0.29) is 0 Å². The summed E-state index contributed by atoms with van der Waals surface area (Å²) in [5.41, 5.74) is 4.49. The summed E-state index contributed by atoms with van der Waals surface area (Å²) in [6, 6.07) is 4.04. The molecule has 0 fully saturated rings. The standard InChI is InChI=1S/C15H18N4/c1-3-16-15-12-5-4-6-13(12)18-14(19-15)11-8-7-10(2)17-9-11/h7-9H,3-6H2,1-2H3,(H,16,18,19). The van der Waals surface area contributed by atoms with Crippen LogP contribution >= 0.6 is 0 Å². The van der Waals surface area contributed by atoms with Crippen LogP contribution in [-0.2, 0) is 12.8 Å². The largest absolute Gasteiger partial charge is 0.370 e. The molecule has 4 nitrogen and oxygen atoms in total. The van der Waals surface area contributed by atoms with Crippen molar-refractivity contribution in [2.45, 2.75) is 33.1 Å². The molecule has 0 aliphatic heterocycles. The van der Waals surface area contributed by atoms with E-state index in [9.17, 15) is 0 Å². The predicted octanol–water partition coefficient (Wildman–Crippen LogP) is 2.77. The van der Waals surface area contributed by atoms with Gasteiger partial charge in [-0.2, -0.15) is 0 Å². The van der Waals surface area contributed by atoms with Crippen molar-refractivity contribution in [1.82, 2.24) is 15.0 Å². The minimum Gasteiger partial charge on any atom is -0.370 e. The molecule has 3 rings (SSSR count). The van der Waals surface area contributed by atoms with E-state index in [2.05, 4.69) is 22.2 Å². The van der Waals surface area contributed by atoms with E-state index in [0.29, 0.717) is 0 Å². The summed E-state index contributed by atoms with van der Waals surface area (Å²) in [4.78, 5) is 13.7. The predicted molar refractivity (Wildman–Crippen MR) is 76.2 cm³/mol. The number of fused-ring (bicyclic) bond motifs is 1. The van der Waals surface area contributed by atoms with Crippen LogP contribution < -0.4 is 5.32 Å². The number of hydrogen-bond acceptors (Lipinski definition) is 4. The number of rotatable bonds is 3. The molecule has 0 spiro atoms. The lowest BCUT2D eigenvalue weighted by molar-refractivity contribution is 0.899. The molecule has 4 heteroatoms. The molecule has 2 heterocycles. The molecule has 19 heavy (non-hydrogen) atoms. The van der Waals surface area contributed by atoms with Crippen molar-refractivity contribution in [3.63, 3.8) is 0 Å². The lowest BCUT2D eigenvalue weighted by Gasteiger charge is -2.10. The number of nitrogens with one attached hydrogen (secondary N) is 1. The molecule has 2 aromatic rings. The number of hydrogen-bond donors (Lipinski definition) is 1. The summed E-state index contributed by atoms with van der Waals surface area (Å²) in [5.74, 6) is 1.78. The highest BCUT2D eigenvalue weighted by molar-refractivity contribution is 5.60. The second-order valence-electron chi connectivity index (χ2n) is 4.89. The molecule has 0 aromatic carbocycles. The number of aryl methyl sites for hydroxylation is 2. The van der Waals surface area contributed by atoms with Crippen molar-refractivity contribution >= 4 is 5.82 Å². The molecule has 0 saturated carbocycles. The fourth-order valence-electron chi connectivity index (χ4n) is 2.48. The van der Waals surface area contributed by atoms with Crippen LogP contribution in [0.4, 0.5) is 5.82 Å². The lowest BCUT2D eigenvalue weighted by atomic mass is 10.2. The Kier molecular flexibility index (Phi) is 3.15. The van der Waals surface area contributed by atoms with Gasteiger partial charge in [-0.25, -0.2) is 9.97 Å². The van der Waals surface area contributed by atoms with Crippen molar-refractivity contribution < 1.29 is 0 Å². The Hall–Kier alpha value is -1.97. The lowest BCUT2D eigenvalue weighted by Crippen LogP contribution is -2.06. The molecule has 1 aliphatic rings. The maximum absolute atomic E-state index is 4.70. The molecule has 1 aliphatic carbocycles. The fraction of sp³-hybridized carbons (Fsp3) is 0.400. The Bertz CT molecular complexity index is 590. The highest BCUT2D eigenvalue weighted by atomic mass is 15.0. The summed E-state index contributed by atoms with van der Waals surface area (Å²) < 4.78 is 0. The first-order valence-electron chi connectivity index (χ1n) is 6.84. The van der Waals surface area contributed by atoms with E-state index in [1.807, 2.05) is 25.3 Å². The zero-order chi connectivity index (χ0) is 13.2. The molecule has 0 bridgehead atoms. The number of aromatic nitrogens is 3. The van der Waals surface area contributed by atoms with Crippen molar-refractivity contribution in [3.8, 4) is 11.4 Å². The van der Waals surface area contributed by atoms with E-state index < -0.39 is 0 Å². The van der Waals surface area contributed by atoms with Gasteiger partial charge in [0.15, 0.2) is 5.82 Å². The summed E-state index contributed by atoms with van der Waals surface area (Å²) in [6.07, 6.45) is 5.17. The van der Waals surface area contributed by atoms with Crippen LogP contribution in [-0.4, -0.2) is 21.5 Å². The Balaban J connectivity index is 2.07. The first kappa shape index (κ1) is 12.1. The number of pyridine rings is 1. The zero-order valence-electron chi connectivity index (χ0n) is 11.4. The first-order chi connectivity index (χ1) is 9.28. The van der Waals surface area contributed by atoms with Gasteiger partial charge >= 0.3 is 0 Å². The maximum Gasteiger partial charge on any atom is 0.163 e. The van der Waals surface area contributed by atoms with Crippen LogP contribution in [0.3, 0.4) is 0 Å². The number of nitrogens with zero attached hydrogens (tertiary/aromatic N) is 3. The molecule has 98 valence electrons. The highest BCUT2D eigenvalue weighted by Gasteiger charge is 2.19. The quantitative estimate of drug-likeness (QED) is 0.915. The molecule has 0 atom stereocenters. The molecule has 0 unspecified atom stereocenters. The average Bonchev–Trinajstić information content (AvgIpc) is 2.88. The van der Waals surface area contributed by atoms with Gasteiger partial charge in [0.1, 0.15) is 5.82 Å². The van der Waals surface area contributed by atoms with E-state index >= 15 is 0 Å². The van der Waals surface area contributed by atoms with Crippen LogP contribution in [0.5, 0.6) is 0 Å². The molecule has 2 aromatic heterocycles. The summed E-state index contributed by atoms with van der Waals surface area (Å²) in [5, 5.41) is 3.36. The zero-order valence-corrected chi connectivity index (χ0v) is 11.4. The monoisotopic (exact) mass is 254 g/mol. The van der Waals surface area contributed by atoms with E-state index in [1.165, 1.54) is 17.7 Å². The third-order valence-electron chi connectivity index (χ3n) is 3.45. The van der Waals surface area contributed by atoms with Crippen LogP contribution in [0.15, 0.2) is 18.3 Å². The van der Waals surface area contributed by atoms with E-state index in [4.69, 9.17) is 4.98 Å². The summed E-state index contributed by atoms with van der Waals surface area (Å²) in [6.45, 7) is 4.96. The van der Waals surface area contributed by atoms with Crippen molar-refractivity contribution in [2.24, 2.45) is 0 Å². The SMILES string of the molecule is CCNc1nc(-c2ccc(C)nc2)nc2c1CCC2. The molecular formula is C15H18N4. The summed E-state index contributed by atoms with van der Waals surface area (Å²) >= 11 is 0. The van der Waals surface area contributed by atoms with Crippen molar-refractivity contribution in [1.29, 1.82) is 0 Å². The van der Waals surface area contributed by atoms with Gasteiger partial charge in [0.05, 0.1) is 0 Å². The van der Waals surface area contributed by atoms with Crippen LogP contribution in [0.1, 0.15) is 30.3 Å². The van der Waals surface area contributed by atoms with Crippen molar-refractivity contribution in [2.75, 3.05) is 11.9 Å². The maximum atomic E-state index is 4.70. The van der Waals surface area contributed by atoms with Gasteiger partial charge < -0.3 is 5.32 Å². The van der Waals surface area contributed by atoms with Gasteiger partial charge in [0, 0.05) is 35.3 Å². The highest BCUT2D eigenvalue weighted by Crippen LogP contribution is 2.28. The Labute approximate surface area is 113 Å². The molecule has 0 amide bonds. The van der Waals surface area contributed by atoms with Gasteiger partial charge in [-0.1, -0.05) is 0 Å². The van der Waals surface area contributed by atoms with E-state index in [1.54, 1.807) is 0 Å². The van der Waals surface area contributed by atoms with Gasteiger partial charge in [-0.3, -0.25) is 4.98 Å². The Morgan fingerprint density at radius 1 is 1.21 bits per heavy atom. The molecule has 0 radical (unpaired) electrons. The molecular weight excluding hydrogens is 236 g/mol. The fourth-order valence-corrected chi connectivity index (χ4v) is 2.48. The van der Waals surface area contributed by atoms with Crippen LogP contribution in [0.2, 0.25) is 0 Å². The van der Waals surface area contributed by atoms with Crippen LogP contribution in [0.25, 0.3) is 11.4 Å². The third-order valence-corrected chi connectivity index (χ3v) is 3.45. The topological polar surface area (TPSA) is 50.7 Å². The average molecular weight is 254 g/mol. The van der Waals surface area contributed by atoms with Gasteiger partial charge in [-0.05, 0) is 45.2 Å². The van der Waals surface area contributed by atoms with Gasteiger partial charge in [0.2, 0.25) is 0 Å². The Morgan fingerprint density at radius 3 is 2.84 bits per heavy atom. The normalized spacial score (nSPS) is 13.4.